The lowest BCUT2D eigenvalue weighted by atomic mass is 10.1. The minimum absolute atomic E-state index is 0.414. The Labute approximate surface area is 172 Å². The third-order valence-corrected chi connectivity index (χ3v) is 4.94. The molecule has 0 spiro atoms. The summed E-state index contributed by atoms with van der Waals surface area (Å²) >= 11 is 1.42. The van der Waals surface area contributed by atoms with E-state index in [1.165, 1.54) is 11.3 Å². The van der Waals surface area contributed by atoms with E-state index in [1.54, 1.807) is 32.4 Å². The van der Waals surface area contributed by atoms with Crippen molar-refractivity contribution in [3.63, 3.8) is 0 Å². The monoisotopic (exact) mass is 410 g/mol. The van der Waals surface area contributed by atoms with Crippen molar-refractivity contribution in [2.75, 3.05) is 19.5 Å². The number of benzene rings is 2. The Kier molecular flexibility index (Phi) is 6.70. The first-order valence-electron chi connectivity index (χ1n) is 8.83. The summed E-state index contributed by atoms with van der Waals surface area (Å²) in [4.78, 5) is 12.8. The predicted octanol–water partition coefficient (Wildman–Crippen LogP) is 4.06. The van der Waals surface area contributed by atoms with Crippen LogP contribution in [0.2, 0.25) is 0 Å². The third kappa shape index (κ3) is 4.85. The number of urea groups is 1. The molecule has 0 unspecified atom stereocenters. The number of ether oxygens (including phenoxy) is 2. The molecule has 150 valence electrons. The lowest BCUT2D eigenvalue weighted by Gasteiger charge is -2.11. The molecule has 0 saturated carbocycles. The number of nitrogens with one attached hydrogen (secondary N) is 2. The molecule has 29 heavy (non-hydrogen) atoms. The molecule has 3 rings (SSSR count). The zero-order chi connectivity index (χ0) is 20.6. The molecule has 7 nitrogen and oxygen atoms in total. The van der Waals surface area contributed by atoms with Gasteiger partial charge >= 0.3 is 6.03 Å². The number of amides is 2. The van der Waals surface area contributed by atoms with E-state index in [1.807, 2.05) is 46.3 Å². The van der Waals surface area contributed by atoms with E-state index >= 15 is 0 Å². The highest BCUT2D eigenvalue weighted by atomic mass is 32.1. The van der Waals surface area contributed by atoms with Crippen LogP contribution in [0.5, 0.6) is 11.5 Å². The maximum atomic E-state index is 12.1. The average molecular weight is 410 g/mol. The largest absolute Gasteiger partial charge is 0.493 e. The van der Waals surface area contributed by atoms with E-state index in [9.17, 15) is 4.79 Å². The summed E-state index contributed by atoms with van der Waals surface area (Å²) in [5.74, 6) is 1.30. The van der Waals surface area contributed by atoms with Crippen LogP contribution in [0.4, 0.5) is 10.5 Å². The second-order valence-electron chi connectivity index (χ2n) is 5.92. The van der Waals surface area contributed by atoms with Crippen LogP contribution in [-0.2, 0) is 6.54 Å². The van der Waals surface area contributed by atoms with Gasteiger partial charge in [-0.3, -0.25) is 0 Å². The minimum Gasteiger partial charge on any atom is -0.493 e. The lowest BCUT2D eigenvalue weighted by molar-refractivity contribution is 0.252. The van der Waals surface area contributed by atoms with Gasteiger partial charge in [-0.05, 0) is 30.3 Å². The van der Waals surface area contributed by atoms with Gasteiger partial charge in [0, 0.05) is 23.2 Å². The van der Waals surface area contributed by atoms with Crippen LogP contribution < -0.4 is 25.0 Å². The van der Waals surface area contributed by atoms with E-state index in [2.05, 4.69) is 22.4 Å². The molecule has 8 heteroatoms. The second-order valence-corrected chi connectivity index (χ2v) is 6.75. The van der Waals surface area contributed by atoms with E-state index < -0.39 is 6.03 Å². The van der Waals surface area contributed by atoms with Gasteiger partial charge in [0.05, 0.1) is 19.9 Å². The van der Waals surface area contributed by atoms with E-state index in [0.717, 1.165) is 11.3 Å². The summed E-state index contributed by atoms with van der Waals surface area (Å²) in [7, 11) is 3.20. The number of aromatic nitrogens is 1. The summed E-state index contributed by atoms with van der Waals surface area (Å²) in [6, 6.07) is 14.5. The number of thiazole rings is 1. The molecule has 0 aliphatic carbocycles. The Bertz CT molecular complexity index is 1060. The number of nitrogens with zero attached hydrogens (tertiary/aromatic N) is 2. The smallest absolute Gasteiger partial charge is 0.339 e. The van der Waals surface area contributed by atoms with Crippen LogP contribution in [0.15, 0.2) is 71.7 Å². The molecule has 0 radical (unpaired) electrons. The fourth-order valence-electron chi connectivity index (χ4n) is 2.73. The lowest BCUT2D eigenvalue weighted by Crippen LogP contribution is -2.28. The first-order valence-corrected chi connectivity index (χ1v) is 9.71. The third-order valence-electron chi connectivity index (χ3n) is 4.07. The van der Waals surface area contributed by atoms with Crippen molar-refractivity contribution < 1.29 is 14.3 Å². The van der Waals surface area contributed by atoms with Gasteiger partial charge in [0.25, 0.3) is 0 Å². The summed E-state index contributed by atoms with van der Waals surface area (Å²) < 4.78 is 12.7. The normalized spacial score (nSPS) is 11.0. The Morgan fingerprint density at radius 2 is 1.93 bits per heavy atom. The van der Waals surface area contributed by atoms with Gasteiger partial charge in [-0.2, -0.15) is 0 Å². The number of hydrogen-bond acceptors (Lipinski definition) is 5. The average Bonchev–Trinajstić information content (AvgIpc) is 3.15. The van der Waals surface area contributed by atoms with E-state index in [4.69, 9.17) is 9.47 Å². The van der Waals surface area contributed by atoms with Gasteiger partial charge in [0.1, 0.15) is 0 Å². The fraction of sp³-hybridized carbons (Fsp3) is 0.143. The van der Waals surface area contributed by atoms with Crippen molar-refractivity contribution in [1.29, 1.82) is 0 Å². The van der Waals surface area contributed by atoms with Crippen molar-refractivity contribution in [2.24, 2.45) is 5.10 Å². The molecule has 0 aliphatic heterocycles. The first-order chi connectivity index (χ1) is 14.2. The number of carbonyl (C=O) groups excluding carboxylic acids is 1. The molecule has 0 aliphatic rings. The summed E-state index contributed by atoms with van der Waals surface area (Å²) in [5, 5.41) is 8.96. The molecule has 2 aromatic carbocycles. The number of anilines is 1. The van der Waals surface area contributed by atoms with Gasteiger partial charge < -0.3 is 19.4 Å². The van der Waals surface area contributed by atoms with E-state index in [-0.39, 0.29) is 0 Å². The van der Waals surface area contributed by atoms with Gasteiger partial charge in [0.15, 0.2) is 11.5 Å². The van der Waals surface area contributed by atoms with Crippen LogP contribution in [-0.4, -0.2) is 24.8 Å². The molecule has 1 heterocycles. The Balaban J connectivity index is 1.87. The maximum Gasteiger partial charge on any atom is 0.339 e. The highest BCUT2D eigenvalue weighted by molar-refractivity contribution is 7.07. The summed E-state index contributed by atoms with van der Waals surface area (Å²) in [5.41, 5.74) is 5.10. The van der Waals surface area contributed by atoms with Crippen LogP contribution in [0.3, 0.4) is 0 Å². The molecule has 0 atom stereocenters. The van der Waals surface area contributed by atoms with Crippen LogP contribution in [0.25, 0.3) is 11.3 Å². The van der Waals surface area contributed by atoms with Gasteiger partial charge in [0.2, 0.25) is 4.80 Å². The molecule has 3 aromatic rings. The fourth-order valence-corrected chi connectivity index (χ4v) is 3.61. The number of rotatable bonds is 7. The van der Waals surface area contributed by atoms with Crippen LogP contribution in [0, 0.1) is 0 Å². The second kappa shape index (κ2) is 9.61. The molecule has 1 aromatic heterocycles. The predicted molar refractivity (Wildman–Crippen MR) is 115 cm³/mol. The van der Waals surface area contributed by atoms with Crippen molar-refractivity contribution in [3.05, 3.63) is 71.4 Å². The molecule has 0 saturated heterocycles. The molecular weight excluding hydrogens is 388 g/mol. The van der Waals surface area contributed by atoms with Gasteiger partial charge in [-0.25, -0.2) is 10.2 Å². The highest BCUT2D eigenvalue weighted by Crippen LogP contribution is 2.32. The minimum atomic E-state index is -0.414. The molecule has 2 N–H and O–H groups in total. The topological polar surface area (TPSA) is 76.9 Å². The Morgan fingerprint density at radius 1 is 1.17 bits per heavy atom. The number of carbonyl (C=O) groups is 1. The van der Waals surface area contributed by atoms with Crippen molar-refractivity contribution in [2.45, 2.75) is 6.54 Å². The molecule has 0 bridgehead atoms. The Hall–Kier alpha value is -3.52. The first kappa shape index (κ1) is 20.2. The van der Waals surface area contributed by atoms with Gasteiger partial charge in [-0.15, -0.1) is 23.0 Å². The number of hydrogen-bond donors (Lipinski definition) is 2. The SMILES string of the molecule is C=CCn1c(-c2ccc(OC)c(OC)c2)cs/c1=N/NC(=O)Nc1ccccc1. The standard InChI is InChI=1S/C21H22N4O3S/c1-4-12-25-17(15-10-11-18(27-2)19(13-15)28-3)14-29-21(25)24-23-20(26)22-16-8-6-5-7-9-16/h4-11,13-14H,1,12H2,2-3H3,(H2,22,23,26)/b24-21+. The quantitative estimate of drug-likeness (QED) is 0.456. The summed E-state index contributed by atoms with van der Waals surface area (Å²) in [6.45, 7) is 4.36. The zero-order valence-electron chi connectivity index (χ0n) is 16.2. The molecule has 2 amide bonds. The van der Waals surface area contributed by atoms with E-state index in [0.29, 0.717) is 28.5 Å². The molecule has 0 fully saturated rings. The van der Waals surface area contributed by atoms with Crippen LogP contribution >= 0.6 is 11.3 Å². The van der Waals surface area contributed by atoms with Crippen LogP contribution in [0.1, 0.15) is 0 Å². The van der Waals surface area contributed by atoms with Crippen molar-refractivity contribution in [3.8, 4) is 22.8 Å². The van der Waals surface area contributed by atoms with Crippen molar-refractivity contribution >= 4 is 23.1 Å². The Morgan fingerprint density at radius 3 is 2.62 bits per heavy atom. The number of allylic oxidation sites excluding steroid dienone is 1. The molecular formula is C21H22N4O3S. The summed E-state index contributed by atoms with van der Waals surface area (Å²) in [6.07, 6.45) is 1.78. The zero-order valence-corrected chi connectivity index (χ0v) is 17.0. The maximum absolute atomic E-state index is 12.1. The van der Waals surface area contributed by atoms with Gasteiger partial charge in [-0.1, -0.05) is 24.3 Å². The number of methoxy groups -OCH3 is 2. The van der Waals surface area contributed by atoms with Crippen molar-refractivity contribution in [1.82, 2.24) is 9.99 Å². The number of para-hydroxylation sites is 1. The highest BCUT2D eigenvalue weighted by Gasteiger charge is 2.11.